The number of hydrogen-bond acceptors (Lipinski definition) is 5. The molecule has 0 fully saturated rings. The van der Waals surface area contributed by atoms with Crippen LogP contribution < -0.4 is 20.6 Å². The predicted molar refractivity (Wildman–Crippen MR) is 177 cm³/mol. The molecule has 2 N–H and O–H groups in total. The first-order valence-corrected chi connectivity index (χ1v) is 16.0. The largest absolute Gasteiger partial charge is 0.871 e. The minimum Gasteiger partial charge on any atom is -0.871 e. The Kier molecular flexibility index (Phi) is 10.8. The second-order valence-electron chi connectivity index (χ2n) is 12.6. The maximum atomic E-state index is 13.9. The summed E-state index contributed by atoms with van der Waals surface area (Å²) in [6.45, 7) is 22.6. The molecular formula is C36H50N4O4. The lowest BCUT2D eigenvalue weighted by molar-refractivity contribution is -0.519. The van der Waals surface area contributed by atoms with Crippen molar-refractivity contribution >= 4 is 40.3 Å². The zero-order valence-electron chi connectivity index (χ0n) is 28.2. The number of carbonyl (C=O) groups excluding carboxylic acids is 3. The van der Waals surface area contributed by atoms with Gasteiger partial charge in [-0.05, 0) is 58.7 Å². The molecule has 8 nitrogen and oxygen atoms in total. The summed E-state index contributed by atoms with van der Waals surface area (Å²) in [5.74, 6) is -1.18. The lowest BCUT2D eigenvalue weighted by Crippen LogP contribution is -2.39. The number of benzene rings is 1. The Morgan fingerprint density at radius 2 is 1.41 bits per heavy atom. The number of Topliss-reactive ketones (excluding diaryl/α,β-unsaturated/α-hetero) is 1. The Hall–Kier alpha value is -3.94. The van der Waals surface area contributed by atoms with Crippen molar-refractivity contribution < 1.29 is 24.1 Å². The first kappa shape index (κ1) is 34.5. The summed E-state index contributed by atoms with van der Waals surface area (Å²) in [4.78, 5) is 42.5. The first-order valence-electron chi connectivity index (χ1n) is 16.0. The zero-order valence-corrected chi connectivity index (χ0v) is 28.2. The highest BCUT2D eigenvalue weighted by Gasteiger charge is 2.36. The van der Waals surface area contributed by atoms with Gasteiger partial charge in [0.25, 0.3) is 0 Å². The fraction of sp³-hybridized carbons (Fsp3) is 0.500. The Bertz CT molecular complexity index is 1480. The van der Waals surface area contributed by atoms with Gasteiger partial charge in [-0.3, -0.25) is 14.4 Å². The second kappa shape index (κ2) is 13.8. The van der Waals surface area contributed by atoms with Crippen LogP contribution in [0.25, 0.3) is 5.57 Å². The maximum Gasteiger partial charge on any atom is 0.230 e. The van der Waals surface area contributed by atoms with Crippen LogP contribution in [-0.4, -0.2) is 54.1 Å². The van der Waals surface area contributed by atoms with Gasteiger partial charge in [-0.1, -0.05) is 53.4 Å². The molecule has 44 heavy (non-hydrogen) atoms. The van der Waals surface area contributed by atoms with Crippen molar-refractivity contribution in [3.8, 4) is 0 Å². The van der Waals surface area contributed by atoms with Gasteiger partial charge < -0.3 is 20.6 Å². The molecule has 0 bridgehead atoms. The minimum absolute atomic E-state index is 0.0367. The molecule has 238 valence electrons. The molecule has 0 heterocycles. The third-order valence-electron chi connectivity index (χ3n) is 9.20. The Morgan fingerprint density at radius 3 is 1.91 bits per heavy atom. The summed E-state index contributed by atoms with van der Waals surface area (Å²) < 4.78 is 2.14. The number of nitrogens with zero attached hydrogens (tertiary/aromatic N) is 2. The molecule has 2 aliphatic carbocycles. The molecule has 1 aromatic rings. The number of allylic oxidation sites excluding steroid dienone is 5. The van der Waals surface area contributed by atoms with Crippen LogP contribution >= 0.6 is 0 Å². The van der Waals surface area contributed by atoms with Gasteiger partial charge in [0.15, 0.2) is 5.78 Å². The number of nitrogens with one attached hydrogen (secondary N) is 2. The number of ketones is 1. The molecular weight excluding hydrogens is 552 g/mol. The molecule has 0 radical (unpaired) electrons. The van der Waals surface area contributed by atoms with Gasteiger partial charge in [0.1, 0.15) is 13.1 Å². The summed E-state index contributed by atoms with van der Waals surface area (Å²) in [6, 6.07) is 5.47. The van der Waals surface area contributed by atoms with E-state index in [1.807, 2.05) is 93.5 Å². The zero-order chi connectivity index (χ0) is 33.0. The first-order chi connectivity index (χ1) is 20.7. The summed E-state index contributed by atoms with van der Waals surface area (Å²) in [5.41, 5.74) is 2.26. The fourth-order valence-electron chi connectivity index (χ4n) is 5.07. The van der Waals surface area contributed by atoms with Crippen molar-refractivity contribution in [1.82, 2.24) is 5.32 Å². The highest BCUT2D eigenvalue weighted by molar-refractivity contribution is 6.40. The van der Waals surface area contributed by atoms with Crippen molar-refractivity contribution in [1.29, 1.82) is 0 Å². The fourth-order valence-corrected chi connectivity index (χ4v) is 5.07. The van der Waals surface area contributed by atoms with Gasteiger partial charge in [0.2, 0.25) is 17.5 Å². The van der Waals surface area contributed by atoms with Crippen molar-refractivity contribution in [2.24, 2.45) is 10.8 Å². The van der Waals surface area contributed by atoms with Gasteiger partial charge in [-0.25, -0.2) is 4.58 Å². The standard InChI is InChI=1S/C36H50N4O4/c1-11-35(7,8)33(43)37-27-21-23(39(13-3)14-4)17-19-25(27)29-31(41)30(32(29)42)26-20-18-24(40(15-5)16-6)22-28(26)38-34(44)36(9,10)12-2/h17-22H,11-16H2,1-10H3,(H2,37,38,41,42,43,44). The molecule has 2 amide bonds. The van der Waals surface area contributed by atoms with Crippen LogP contribution in [0.15, 0.2) is 59.0 Å². The molecule has 1 aromatic carbocycles. The molecule has 2 aliphatic rings. The summed E-state index contributed by atoms with van der Waals surface area (Å²) in [5, 5.41) is 19.9. The minimum atomic E-state index is -0.635. The lowest BCUT2D eigenvalue weighted by Gasteiger charge is -2.35. The third-order valence-corrected chi connectivity index (χ3v) is 9.20. The van der Waals surface area contributed by atoms with Crippen LogP contribution in [0.2, 0.25) is 0 Å². The van der Waals surface area contributed by atoms with E-state index in [-0.39, 0.29) is 23.0 Å². The Morgan fingerprint density at radius 1 is 0.841 bits per heavy atom. The number of hydrogen-bond donors (Lipinski definition) is 2. The van der Waals surface area contributed by atoms with Gasteiger partial charge in [0.05, 0.1) is 11.4 Å². The average molecular weight is 603 g/mol. The molecule has 0 aromatic heterocycles. The molecule has 0 saturated carbocycles. The van der Waals surface area contributed by atoms with E-state index in [2.05, 4.69) is 20.1 Å². The number of anilines is 2. The summed E-state index contributed by atoms with van der Waals surface area (Å²) >= 11 is 0. The molecule has 0 atom stereocenters. The molecule has 8 heteroatoms. The maximum absolute atomic E-state index is 13.9. The topological polar surface area (TPSA) is 105 Å². The molecule has 3 rings (SSSR count). The smallest absolute Gasteiger partial charge is 0.230 e. The van der Waals surface area contributed by atoms with E-state index in [1.165, 1.54) is 0 Å². The molecule has 0 unspecified atom stereocenters. The highest BCUT2D eigenvalue weighted by atomic mass is 16.3. The predicted octanol–water partition coefficient (Wildman–Crippen LogP) is 5.36. The summed E-state index contributed by atoms with van der Waals surface area (Å²) in [7, 11) is 0. The number of carbonyl (C=O) groups is 3. The van der Waals surface area contributed by atoms with E-state index >= 15 is 0 Å². The average Bonchev–Trinajstić information content (AvgIpc) is 3.00. The van der Waals surface area contributed by atoms with Gasteiger partial charge in [0, 0.05) is 64.0 Å². The van der Waals surface area contributed by atoms with E-state index in [0.29, 0.717) is 35.4 Å². The van der Waals surface area contributed by atoms with Crippen molar-refractivity contribution in [3.63, 3.8) is 0 Å². The van der Waals surface area contributed by atoms with Crippen LogP contribution in [0, 0.1) is 10.8 Å². The second-order valence-corrected chi connectivity index (χ2v) is 12.6. The Labute approximate surface area is 263 Å². The van der Waals surface area contributed by atoms with Gasteiger partial charge >= 0.3 is 0 Å². The van der Waals surface area contributed by atoms with Crippen molar-refractivity contribution in [2.75, 3.05) is 36.4 Å². The molecule has 0 saturated heterocycles. The van der Waals surface area contributed by atoms with E-state index < -0.39 is 22.4 Å². The monoisotopic (exact) mass is 602 g/mol. The normalized spacial score (nSPS) is 16.9. The third kappa shape index (κ3) is 6.74. The van der Waals surface area contributed by atoms with Gasteiger partial charge in [-0.2, -0.15) is 0 Å². The van der Waals surface area contributed by atoms with Crippen LogP contribution in [0.1, 0.15) is 87.6 Å². The SMILES string of the molecule is CCN(CC)c1ccc(C2=C([O-])/C(=C3/C=CC(=[N+](CC)CC)C=C3NC(=O)C(C)(C)CC)C2=O)c(NC(=O)C(C)(C)CC)c1. The van der Waals surface area contributed by atoms with E-state index in [0.717, 1.165) is 37.6 Å². The van der Waals surface area contributed by atoms with Gasteiger partial charge in [-0.15, -0.1) is 0 Å². The van der Waals surface area contributed by atoms with E-state index in [9.17, 15) is 19.5 Å². The van der Waals surface area contributed by atoms with Crippen LogP contribution in [0.4, 0.5) is 11.4 Å². The lowest BCUT2D eigenvalue weighted by atomic mass is 9.78. The molecule has 0 aliphatic heterocycles. The van der Waals surface area contributed by atoms with Crippen molar-refractivity contribution in [2.45, 2.75) is 82.1 Å². The molecule has 0 spiro atoms. The number of amides is 2. The van der Waals surface area contributed by atoms with Crippen LogP contribution in [0.5, 0.6) is 0 Å². The summed E-state index contributed by atoms with van der Waals surface area (Å²) in [6.07, 6.45) is 6.73. The van der Waals surface area contributed by atoms with E-state index in [1.54, 1.807) is 12.1 Å². The van der Waals surface area contributed by atoms with E-state index in [4.69, 9.17) is 0 Å². The quantitative estimate of drug-likeness (QED) is 0.248. The van der Waals surface area contributed by atoms with Crippen LogP contribution in [0.3, 0.4) is 0 Å². The van der Waals surface area contributed by atoms with Crippen LogP contribution in [-0.2, 0) is 14.4 Å². The number of rotatable bonds is 12. The van der Waals surface area contributed by atoms with Crippen molar-refractivity contribution in [3.05, 3.63) is 64.6 Å². The Balaban J connectivity index is 2.20. The highest BCUT2D eigenvalue weighted by Crippen LogP contribution is 2.42.